The van der Waals surface area contributed by atoms with Gasteiger partial charge in [0.2, 0.25) is 0 Å². The SMILES string of the molecule is Cc1ccc(OCC(=O)N2CCCN(C(=O)c3ccco3)CC2)cc1C. The molecule has 3 rings (SSSR count). The maximum Gasteiger partial charge on any atom is 0.289 e. The van der Waals surface area contributed by atoms with Gasteiger partial charge in [-0.25, -0.2) is 0 Å². The number of carbonyl (C=O) groups is 2. The minimum absolute atomic E-state index is 0.00856. The number of nitrogens with zero attached hydrogens (tertiary/aromatic N) is 2. The Kier molecular flexibility index (Phi) is 5.61. The minimum Gasteiger partial charge on any atom is -0.484 e. The van der Waals surface area contributed by atoms with Crippen molar-refractivity contribution in [1.29, 1.82) is 0 Å². The van der Waals surface area contributed by atoms with E-state index < -0.39 is 0 Å². The predicted molar refractivity (Wildman–Crippen MR) is 97.2 cm³/mol. The van der Waals surface area contributed by atoms with Crippen molar-refractivity contribution < 1.29 is 18.7 Å². The van der Waals surface area contributed by atoms with E-state index in [0.29, 0.717) is 37.7 Å². The summed E-state index contributed by atoms with van der Waals surface area (Å²) in [6.45, 7) is 6.30. The molecule has 6 nitrogen and oxygen atoms in total. The van der Waals surface area contributed by atoms with E-state index in [2.05, 4.69) is 0 Å². The van der Waals surface area contributed by atoms with E-state index in [1.807, 2.05) is 32.0 Å². The molecular weight excluding hydrogens is 332 g/mol. The Morgan fingerprint density at radius 3 is 2.54 bits per heavy atom. The highest BCUT2D eigenvalue weighted by Crippen LogP contribution is 2.17. The summed E-state index contributed by atoms with van der Waals surface area (Å²) in [4.78, 5) is 28.3. The van der Waals surface area contributed by atoms with Crippen molar-refractivity contribution in [3.63, 3.8) is 0 Å². The number of benzene rings is 1. The summed E-state index contributed by atoms with van der Waals surface area (Å²) in [5.41, 5.74) is 2.33. The summed E-state index contributed by atoms with van der Waals surface area (Å²) >= 11 is 0. The summed E-state index contributed by atoms with van der Waals surface area (Å²) in [7, 11) is 0. The highest BCUT2D eigenvalue weighted by atomic mass is 16.5. The molecule has 0 atom stereocenters. The van der Waals surface area contributed by atoms with Gasteiger partial charge >= 0.3 is 0 Å². The first kappa shape index (κ1) is 18.0. The first-order chi connectivity index (χ1) is 12.5. The fourth-order valence-electron chi connectivity index (χ4n) is 2.97. The van der Waals surface area contributed by atoms with Crippen LogP contribution in [0.4, 0.5) is 0 Å². The molecule has 138 valence electrons. The third-order valence-electron chi connectivity index (χ3n) is 4.71. The first-order valence-electron chi connectivity index (χ1n) is 8.85. The van der Waals surface area contributed by atoms with Crippen molar-refractivity contribution in [3.05, 3.63) is 53.5 Å². The fraction of sp³-hybridized carbons (Fsp3) is 0.400. The van der Waals surface area contributed by atoms with Gasteiger partial charge in [0.1, 0.15) is 5.75 Å². The number of hydrogen-bond acceptors (Lipinski definition) is 4. The largest absolute Gasteiger partial charge is 0.484 e. The van der Waals surface area contributed by atoms with E-state index in [-0.39, 0.29) is 18.4 Å². The zero-order chi connectivity index (χ0) is 18.5. The summed E-state index contributed by atoms with van der Waals surface area (Å²) in [5.74, 6) is 0.847. The van der Waals surface area contributed by atoms with Crippen LogP contribution in [0.1, 0.15) is 28.1 Å². The third kappa shape index (κ3) is 4.25. The Hall–Kier alpha value is -2.76. The third-order valence-corrected chi connectivity index (χ3v) is 4.71. The van der Waals surface area contributed by atoms with Crippen LogP contribution in [0.15, 0.2) is 41.0 Å². The van der Waals surface area contributed by atoms with Crippen LogP contribution >= 0.6 is 0 Å². The Morgan fingerprint density at radius 2 is 1.81 bits per heavy atom. The first-order valence-corrected chi connectivity index (χ1v) is 8.85. The lowest BCUT2D eigenvalue weighted by Gasteiger charge is -2.21. The quantitative estimate of drug-likeness (QED) is 0.845. The van der Waals surface area contributed by atoms with Crippen LogP contribution < -0.4 is 4.74 Å². The Morgan fingerprint density at radius 1 is 1.04 bits per heavy atom. The molecule has 0 N–H and O–H groups in total. The van der Waals surface area contributed by atoms with Crippen molar-refractivity contribution in [2.45, 2.75) is 20.3 Å². The lowest BCUT2D eigenvalue weighted by atomic mass is 10.1. The van der Waals surface area contributed by atoms with Crippen LogP contribution in [0.25, 0.3) is 0 Å². The number of furan rings is 1. The van der Waals surface area contributed by atoms with Gasteiger partial charge < -0.3 is 19.0 Å². The molecule has 1 aromatic carbocycles. The van der Waals surface area contributed by atoms with Crippen LogP contribution in [0.3, 0.4) is 0 Å². The molecule has 1 aliphatic heterocycles. The average molecular weight is 356 g/mol. The molecule has 0 spiro atoms. The molecule has 1 aromatic heterocycles. The van der Waals surface area contributed by atoms with Crippen molar-refractivity contribution in [2.24, 2.45) is 0 Å². The maximum absolute atomic E-state index is 12.5. The molecule has 2 amide bonds. The van der Waals surface area contributed by atoms with Gasteiger partial charge in [0.25, 0.3) is 11.8 Å². The van der Waals surface area contributed by atoms with Crippen LogP contribution in [-0.2, 0) is 4.79 Å². The Bertz CT molecular complexity index is 770. The van der Waals surface area contributed by atoms with Crippen molar-refractivity contribution in [3.8, 4) is 5.75 Å². The normalized spacial score (nSPS) is 14.8. The van der Waals surface area contributed by atoms with Gasteiger partial charge in [0.05, 0.1) is 6.26 Å². The molecule has 0 unspecified atom stereocenters. The maximum atomic E-state index is 12.5. The lowest BCUT2D eigenvalue weighted by molar-refractivity contribution is -0.133. The molecule has 6 heteroatoms. The van der Waals surface area contributed by atoms with E-state index in [1.54, 1.807) is 21.9 Å². The summed E-state index contributed by atoms with van der Waals surface area (Å²) in [5, 5.41) is 0. The topological polar surface area (TPSA) is 63.0 Å². The summed E-state index contributed by atoms with van der Waals surface area (Å²) < 4.78 is 10.8. The summed E-state index contributed by atoms with van der Waals surface area (Å²) in [6.07, 6.45) is 2.23. The number of amides is 2. The lowest BCUT2D eigenvalue weighted by Crippen LogP contribution is -2.39. The molecule has 0 radical (unpaired) electrons. The van der Waals surface area contributed by atoms with Crippen molar-refractivity contribution in [2.75, 3.05) is 32.8 Å². The molecule has 2 heterocycles. The highest BCUT2D eigenvalue weighted by Gasteiger charge is 2.24. The van der Waals surface area contributed by atoms with Crippen LogP contribution in [-0.4, -0.2) is 54.4 Å². The molecule has 0 bridgehead atoms. The van der Waals surface area contributed by atoms with Gasteiger partial charge in [0.15, 0.2) is 12.4 Å². The number of rotatable bonds is 4. The van der Waals surface area contributed by atoms with Gasteiger partial charge in [-0.2, -0.15) is 0 Å². The second-order valence-corrected chi connectivity index (χ2v) is 6.54. The van der Waals surface area contributed by atoms with E-state index >= 15 is 0 Å². The van der Waals surface area contributed by atoms with Gasteiger partial charge in [-0.15, -0.1) is 0 Å². The van der Waals surface area contributed by atoms with E-state index in [9.17, 15) is 9.59 Å². The van der Waals surface area contributed by atoms with Crippen molar-refractivity contribution in [1.82, 2.24) is 9.80 Å². The van der Waals surface area contributed by atoms with E-state index in [4.69, 9.17) is 9.15 Å². The molecule has 26 heavy (non-hydrogen) atoms. The second-order valence-electron chi connectivity index (χ2n) is 6.54. The molecule has 1 saturated heterocycles. The standard InChI is InChI=1S/C20H24N2O4/c1-15-6-7-17(13-16(15)2)26-14-19(23)21-8-4-9-22(11-10-21)20(24)18-5-3-12-25-18/h3,5-7,12-13H,4,8-11,14H2,1-2H3. The Labute approximate surface area is 153 Å². The molecule has 1 aliphatic rings. The number of aryl methyl sites for hydroxylation is 2. The summed E-state index contributed by atoms with van der Waals surface area (Å²) in [6, 6.07) is 9.16. The zero-order valence-electron chi connectivity index (χ0n) is 15.2. The van der Waals surface area contributed by atoms with Crippen LogP contribution in [0.2, 0.25) is 0 Å². The fourth-order valence-corrected chi connectivity index (χ4v) is 2.97. The second kappa shape index (κ2) is 8.08. The van der Waals surface area contributed by atoms with Gasteiger partial charge in [-0.1, -0.05) is 6.07 Å². The minimum atomic E-state index is -0.129. The number of ether oxygens (including phenoxy) is 1. The zero-order valence-corrected chi connectivity index (χ0v) is 15.2. The number of hydrogen-bond donors (Lipinski definition) is 0. The molecule has 1 fully saturated rings. The molecule has 2 aromatic rings. The van der Waals surface area contributed by atoms with Crippen LogP contribution in [0.5, 0.6) is 5.75 Å². The monoisotopic (exact) mass is 356 g/mol. The van der Waals surface area contributed by atoms with Gasteiger partial charge in [-0.3, -0.25) is 9.59 Å². The van der Waals surface area contributed by atoms with Crippen LogP contribution in [0, 0.1) is 13.8 Å². The molecular formula is C20H24N2O4. The average Bonchev–Trinajstić information content (AvgIpc) is 3.06. The highest BCUT2D eigenvalue weighted by molar-refractivity contribution is 5.91. The predicted octanol–water partition coefficient (Wildman–Crippen LogP) is 2.65. The smallest absolute Gasteiger partial charge is 0.289 e. The van der Waals surface area contributed by atoms with Gasteiger partial charge in [-0.05, 0) is 55.7 Å². The Balaban J connectivity index is 1.52. The van der Waals surface area contributed by atoms with E-state index in [0.717, 1.165) is 12.0 Å². The van der Waals surface area contributed by atoms with Gasteiger partial charge in [0, 0.05) is 26.2 Å². The van der Waals surface area contributed by atoms with E-state index in [1.165, 1.54) is 11.8 Å². The molecule has 0 saturated carbocycles. The molecule has 0 aliphatic carbocycles. The van der Waals surface area contributed by atoms with Crippen molar-refractivity contribution >= 4 is 11.8 Å². The number of carbonyl (C=O) groups excluding carboxylic acids is 2.